The van der Waals surface area contributed by atoms with Gasteiger partial charge in [-0.2, -0.15) is 0 Å². The summed E-state index contributed by atoms with van der Waals surface area (Å²) in [5, 5.41) is 8.28. The minimum absolute atomic E-state index is 0.445. The molecule has 0 aliphatic rings. The van der Waals surface area contributed by atoms with Crippen molar-refractivity contribution in [2.45, 2.75) is 0 Å². The van der Waals surface area contributed by atoms with Gasteiger partial charge in [0.25, 0.3) is 0 Å². The van der Waals surface area contributed by atoms with Gasteiger partial charge in [0.15, 0.2) is 17.5 Å². The number of fused-ring (bicyclic) bond motifs is 8. The molecule has 0 aliphatic carbocycles. The first kappa shape index (κ1) is 33.3. The number of hydrogen-bond acceptors (Lipinski definition) is 8. The molecule has 0 bridgehead atoms. The van der Waals surface area contributed by atoms with Crippen molar-refractivity contribution < 1.29 is 0 Å². The Morgan fingerprint density at radius 3 is 1.29 bits per heavy atom. The maximum atomic E-state index is 5.33. The first-order valence-electron chi connectivity index (χ1n) is 19.0. The van der Waals surface area contributed by atoms with Crippen LogP contribution in [0.3, 0.4) is 0 Å². The summed E-state index contributed by atoms with van der Waals surface area (Å²) in [6.45, 7) is 0. The largest absolute Gasteiger partial charge is 0.264 e. The van der Waals surface area contributed by atoms with E-state index < -0.39 is 0 Å². The Morgan fingerprint density at radius 2 is 0.759 bits per heavy atom. The van der Waals surface area contributed by atoms with Crippen LogP contribution >= 0.6 is 0 Å². The molecule has 270 valence electrons. The summed E-state index contributed by atoms with van der Waals surface area (Å²) in [4.78, 5) is 38.3. The van der Waals surface area contributed by atoms with Gasteiger partial charge in [-0.1, -0.05) is 115 Å². The highest BCUT2D eigenvalue weighted by Gasteiger charge is 2.19. The Labute approximate surface area is 332 Å². The van der Waals surface area contributed by atoms with E-state index in [2.05, 4.69) is 107 Å². The first-order chi connectivity index (χ1) is 28.7. The molecule has 5 aromatic carbocycles. The van der Waals surface area contributed by atoms with Crippen molar-refractivity contribution in [3.05, 3.63) is 183 Å². The van der Waals surface area contributed by atoms with Crippen LogP contribution in [0.15, 0.2) is 183 Å². The second-order valence-electron chi connectivity index (χ2n) is 14.0. The molecule has 0 N–H and O–H groups in total. The molecule has 0 spiro atoms. The summed E-state index contributed by atoms with van der Waals surface area (Å²) in [5.41, 5.74) is 8.79. The summed E-state index contributed by atoms with van der Waals surface area (Å²) in [6.07, 6.45) is 10.8. The summed E-state index contributed by atoms with van der Waals surface area (Å²) in [5.74, 6) is 1.40. The number of benzene rings is 5. The van der Waals surface area contributed by atoms with Gasteiger partial charge in [0.05, 0.1) is 11.2 Å². The van der Waals surface area contributed by atoms with E-state index in [1.54, 1.807) is 12.4 Å². The van der Waals surface area contributed by atoms with E-state index in [1.807, 2.05) is 73.3 Å². The second-order valence-corrected chi connectivity index (χ2v) is 14.0. The van der Waals surface area contributed by atoms with Crippen molar-refractivity contribution in [2.24, 2.45) is 0 Å². The molecular weight excluding hydrogens is 713 g/mol. The lowest BCUT2D eigenvalue weighted by Gasteiger charge is -2.16. The van der Waals surface area contributed by atoms with Gasteiger partial charge in [0.1, 0.15) is 11.4 Å². The van der Waals surface area contributed by atoms with Crippen molar-refractivity contribution in [3.63, 3.8) is 0 Å². The molecule has 0 amide bonds. The molecule has 8 nitrogen and oxygen atoms in total. The fourth-order valence-electron chi connectivity index (χ4n) is 7.81. The maximum absolute atomic E-state index is 5.33. The van der Waals surface area contributed by atoms with E-state index in [0.717, 1.165) is 55.4 Å². The van der Waals surface area contributed by atoms with Gasteiger partial charge in [-0.05, 0) is 51.9 Å². The van der Waals surface area contributed by atoms with Crippen LogP contribution in [0.2, 0.25) is 0 Å². The molecule has 0 fully saturated rings. The minimum atomic E-state index is 0.445. The zero-order valence-corrected chi connectivity index (χ0v) is 30.9. The molecule has 8 heteroatoms. The highest BCUT2D eigenvalue weighted by atomic mass is 15.1. The molecule has 0 saturated carbocycles. The minimum Gasteiger partial charge on any atom is -0.264 e. The van der Waals surface area contributed by atoms with Crippen molar-refractivity contribution in [3.8, 4) is 67.9 Å². The van der Waals surface area contributed by atoms with Crippen LogP contribution in [0.25, 0.3) is 111 Å². The molecule has 0 aliphatic heterocycles. The van der Waals surface area contributed by atoms with Gasteiger partial charge in [-0.3, -0.25) is 19.9 Å². The van der Waals surface area contributed by atoms with E-state index in [4.69, 9.17) is 29.9 Å². The second kappa shape index (κ2) is 13.9. The SMILES string of the molecule is c1cncc(-c2ccc(-c3nc(-c4ccc(-c5nc6ccccc6c6c7ccccc7c7ccccc7c56)cc4)nc(-c4ccc(-c5cccnc5)cn4)n3)nc2)c1. The molecular formula is C50H30N8. The summed E-state index contributed by atoms with van der Waals surface area (Å²) >= 11 is 0. The van der Waals surface area contributed by atoms with Crippen LogP contribution < -0.4 is 0 Å². The Balaban J connectivity index is 1.05. The van der Waals surface area contributed by atoms with Crippen LogP contribution in [0.4, 0.5) is 0 Å². The molecule has 0 radical (unpaired) electrons. The van der Waals surface area contributed by atoms with Crippen LogP contribution in [0.1, 0.15) is 0 Å². The molecule has 58 heavy (non-hydrogen) atoms. The maximum Gasteiger partial charge on any atom is 0.182 e. The monoisotopic (exact) mass is 742 g/mol. The average Bonchev–Trinajstić information content (AvgIpc) is 3.32. The van der Waals surface area contributed by atoms with Gasteiger partial charge in [-0.25, -0.2) is 19.9 Å². The van der Waals surface area contributed by atoms with Crippen molar-refractivity contribution in [2.75, 3.05) is 0 Å². The number of nitrogens with zero attached hydrogens (tertiary/aromatic N) is 8. The van der Waals surface area contributed by atoms with E-state index in [0.29, 0.717) is 28.9 Å². The summed E-state index contributed by atoms with van der Waals surface area (Å²) < 4.78 is 0. The van der Waals surface area contributed by atoms with Crippen molar-refractivity contribution in [1.82, 2.24) is 39.9 Å². The third kappa shape index (κ3) is 5.79. The highest BCUT2D eigenvalue weighted by molar-refractivity contribution is 6.33. The number of pyridine rings is 5. The zero-order valence-electron chi connectivity index (χ0n) is 30.9. The Hall–Kier alpha value is -8.10. The average molecular weight is 743 g/mol. The van der Waals surface area contributed by atoms with Gasteiger partial charge in [0, 0.05) is 86.7 Å². The van der Waals surface area contributed by atoms with Gasteiger partial charge in [-0.15, -0.1) is 0 Å². The zero-order chi connectivity index (χ0) is 38.4. The summed E-state index contributed by atoms with van der Waals surface area (Å²) in [6, 6.07) is 49.8. The third-order valence-corrected chi connectivity index (χ3v) is 10.6. The smallest absolute Gasteiger partial charge is 0.182 e. The number of hydrogen-bond donors (Lipinski definition) is 0. The van der Waals surface area contributed by atoms with Gasteiger partial charge < -0.3 is 0 Å². The molecule has 0 atom stereocenters. The van der Waals surface area contributed by atoms with Crippen LogP contribution in [-0.4, -0.2) is 39.9 Å². The quantitative estimate of drug-likeness (QED) is 0.155. The lowest BCUT2D eigenvalue weighted by molar-refractivity contribution is 1.05. The Kier molecular flexibility index (Phi) is 7.96. The normalized spacial score (nSPS) is 11.4. The van der Waals surface area contributed by atoms with Gasteiger partial charge in [0.2, 0.25) is 0 Å². The highest BCUT2D eigenvalue weighted by Crippen LogP contribution is 2.43. The first-order valence-corrected chi connectivity index (χ1v) is 19.0. The van der Waals surface area contributed by atoms with Crippen molar-refractivity contribution in [1.29, 1.82) is 0 Å². The molecule has 11 aromatic rings. The lowest BCUT2D eigenvalue weighted by atomic mass is 9.90. The fourth-order valence-corrected chi connectivity index (χ4v) is 7.81. The summed E-state index contributed by atoms with van der Waals surface area (Å²) in [7, 11) is 0. The molecule has 0 saturated heterocycles. The van der Waals surface area contributed by atoms with E-state index in [-0.39, 0.29) is 0 Å². The van der Waals surface area contributed by atoms with E-state index >= 15 is 0 Å². The van der Waals surface area contributed by atoms with Crippen LogP contribution in [0.5, 0.6) is 0 Å². The fraction of sp³-hybridized carbons (Fsp3) is 0. The number of para-hydroxylation sites is 1. The topological polar surface area (TPSA) is 103 Å². The number of aromatic nitrogens is 8. The Morgan fingerprint density at radius 1 is 0.293 bits per heavy atom. The standard InChI is InChI=1S/C50H30N8/c1-3-13-39-37(11-1)38-12-2-4-14-40(38)46-45(39)41-15-5-6-16-42(41)55-47(46)31-17-19-32(20-18-31)48-56-49(43-23-21-35(29-53-43)33-9-7-25-51-27-33)58-50(57-48)44-24-22-36(30-54-44)34-10-8-26-52-28-34/h1-30H. The molecule has 0 unspecified atom stereocenters. The molecule has 11 rings (SSSR count). The van der Waals surface area contributed by atoms with Crippen LogP contribution in [-0.2, 0) is 0 Å². The number of rotatable bonds is 6. The lowest BCUT2D eigenvalue weighted by Crippen LogP contribution is -2.02. The Bertz CT molecular complexity index is 3200. The third-order valence-electron chi connectivity index (χ3n) is 10.6. The predicted octanol–water partition coefficient (Wildman–Crippen LogP) is 11.5. The van der Waals surface area contributed by atoms with E-state index in [1.165, 1.54) is 26.9 Å². The predicted molar refractivity (Wildman–Crippen MR) is 231 cm³/mol. The van der Waals surface area contributed by atoms with Gasteiger partial charge >= 0.3 is 0 Å². The van der Waals surface area contributed by atoms with E-state index in [9.17, 15) is 0 Å². The molecule has 6 heterocycles. The molecule has 6 aromatic heterocycles. The van der Waals surface area contributed by atoms with Crippen LogP contribution in [0, 0.1) is 0 Å². The van der Waals surface area contributed by atoms with Crippen molar-refractivity contribution >= 4 is 43.2 Å².